The fraction of sp³-hybridized carbons (Fsp3) is 0.0714. The minimum absolute atomic E-state index is 0.299. The molecule has 1 amide bonds. The van der Waals surface area contributed by atoms with Gasteiger partial charge in [-0.15, -0.1) is 0 Å². The number of rotatable bonds is 3. The molecule has 0 aliphatic heterocycles. The molecule has 0 saturated carbocycles. The smallest absolute Gasteiger partial charge is 0.259 e. The Morgan fingerprint density at radius 2 is 2.14 bits per heavy atom. The first-order valence-corrected chi connectivity index (χ1v) is 7.37. The van der Waals surface area contributed by atoms with Crippen molar-refractivity contribution in [1.29, 1.82) is 0 Å². The normalized spacial score (nSPS) is 10.6. The minimum atomic E-state index is -0.307. The number of nitrogens with zero attached hydrogens (tertiary/aromatic N) is 2. The molecule has 0 unspecified atom stereocenters. The van der Waals surface area contributed by atoms with Crippen LogP contribution in [0.5, 0.6) is 0 Å². The zero-order chi connectivity index (χ0) is 14.8. The van der Waals surface area contributed by atoms with Crippen molar-refractivity contribution in [2.24, 2.45) is 0 Å². The van der Waals surface area contributed by atoms with Crippen LogP contribution in [0.4, 0.5) is 10.9 Å². The van der Waals surface area contributed by atoms with E-state index in [0.717, 1.165) is 10.2 Å². The molecule has 2 aromatic heterocycles. The Labute approximate surface area is 130 Å². The summed E-state index contributed by atoms with van der Waals surface area (Å²) in [5.74, 6) is 0.270. The fourth-order valence-corrected chi connectivity index (χ4v) is 2.89. The average molecular weight is 319 g/mol. The number of benzene rings is 1. The third-order valence-electron chi connectivity index (χ3n) is 2.87. The summed E-state index contributed by atoms with van der Waals surface area (Å²) in [6.07, 6.45) is 1.45. The maximum atomic E-state index is 12.3. The molecule has 2 heterocycles. The van der Waals surface area contributed by atoms with Gasteiger partial charge in [0.15, 0.2) is 5.13 Å². The summed E-state index contributed by atoms with van der Waals surface area (Å²) in [5.41, 5.74) is 1.21. The maximum absolute atomic E-state index is 12.3. The molecule has 0 aliphatic rings. The van der Waals surface area contributed by atoms with Crippen molar-refractivity contribution in [2.75, 3.05) is 17.7 Å². The molecule has 0 aliphatic carbocycles. The van der Waals surface area contributed by atoms with Gasteiger partial charge in [0.25, 0.3) is 5.91 Å². The van der Waals surface area contributed by atoms with Crippen LogP contribution in [-0.4, -0.2) is 22.9 Å². The number of halogens is 1. The summed E-state index contributed by atoms with van der Waals surface area (Å²) in [6.45, 7) is 0. The monoisotopic (exact) mass is 318 g/mol. The summed E-state index contributed by atoms with van der Waals surface area (Å²) in [5, 5.41) is 6.48. The van der Waals surface area contributed by atoms with Gasteiger partial charge in [-0.2, -0.15) is 0 Å². The molecule has 7 heteroatoms. The number of aromatic nitrogens is 2. The lowest BCUT2D eigenvalue weighted by Gasteiger charge is -2.06. The molecule has 0 bridgehead atoms. The van der Waals surface area contributed by atoms with Gasteiger partial charge in [-0.25, -0.2) is 9.97 Å². The number of amides is 1. The zero-order valence-electron chi connectivity index (χ0n) is 11.1. The number of thiazole rings is 1. The van der Waals surface area contributed by atoms with Gasteiger partial charge in [0.2, 0.25) is 0 Å². The van der Waals surface area contributed by atoms with Gasteiger partial charge < -0.3 is 5.32 Å². The summed E-state index contributed by atoms with van der Waals surface area (Å²) >= 11 is 7.44. The Hall–Kier alpha value is -2.18. The molecule has 3 aromatic rings. The molecule has 0 saturated heterocycles. The molecular formula is C14H11ClN4OS. The maximum Gasteiger partial charge on any atom is 0.259 e. The van der Waals surface area contributed by atoms with Gasteiger partial charge in [0.1, 0.15) is 5.82 Å². The lowest BCUT2D eigenvalue weighted by molar-refractivity contribution is 0.102. The lowest BCUT2D eigenvalue weighted by Crippen LogP contribution is -2.13. The van der Waals surface area contributed by atoms with Crippen LogP contribution < -0.4 is 10.6 Å². The Kier molecular flexibility index (Phi) is 3.72. The number of anilines is 2. The number of carbonyl (C=O) groups is 1. The number of para-hydroxylation sites is 1. The van der Waals surface area contributed by atoms with E-state index in [1.165, 1.54) is 17.5 Å². The second kappa shape index (κ2) is 5.67. The fourth-order valence-electron chi connectivity index (χ4n) is 1.84. The summed E-state index contributed by atoms with van der Waals surface area (Å²) in [6, 6.07) is 9.31. The van der Waals surface area contributed by atoms with E-state index in [9.17, 15) is 4.79 Å². The molecule has 0 fully saturated rings. The number of nitrogens with one attached hydrogen (secondary N) is 2. The van der Waals surface area contributed by atoms with Crippen LogP contribution >= 0.6 is 22.9 Å². The molecule has 0 atom stereocenters. The Bertz CT molecular complexity index is 785. The summed E-state index contributed by atoms with van der Waals surface area (Å²) < 4.78 is 1.02. The quantitative estimate of drug-likeness (QED) is 0.773. The average Bonchev–Trinajstić information content (AvgIpc) is 2.89. The number of pyridine rings is 1. The number of fused-ring (bicyclic) bond motifs is 1. The highest BCUT2D eigenvalue weighted by atomic mass is 35.5. The first kappa shape index (κ1) is 13.8. The second-order valence-corrected chi connectivity index (χ2v) is 5.68. The van der Waals surface area contributed by atoms with E-state index in [-0.39, 0.29) is 5.91 Å². The first-order chi connectivity index (χ1) is 10.2. The molecule has 0 spiro atoms. The molecule has 0 radical (unpaired) electrons. The molecule has 21 heavy (non-hydrogen) atoms. The number of hydrogen-bond donors (Lipinski definition) is 2. The van der Waals surface area contributed by atoms with Crippen LogP contribution in [0.15, 0.2) is 36.5 Å². The van der Waals surface area contributed by atoms with E-state index in [0.29, 0.717) is 21.5 Å². The summed E-state index contributed by atoms with van der Waals surface area (Å²) in [7, 11) is 1.73. The Morgan fingerprint density at radius 3 is 2.90 bits per heavy atom. The summed E-state index contributed by atoms with van der Waals surface area (Å²) in [4.78, 5) is 20.7. The highest BCUT2D eigenvalue weighted by molar-refractivity contribution is 7.22. The predicted molar refractivity (Wildman–Crippen MR) is 86.4 cm³/mol. The molecule has 5 nitrogen and oxygen atoms in total. The van der Waals surface area contributed by atoms with E-state index in [4.69, 9.17) is 11.6 Å². The van der Waals surface area contributed by atoms with E-state index in [1.54, 1.807) is 13.1 Å². The first-order valence-electron chi connectivity index (χ1n) is 6.17. The van der Waals surface area contributed by atoms with E-state index in [1.807, 2.05) is 24.3 Å². The van der Waals surface area contributed by atoms with Crippen molar-refractivity contribution >= 4 is 50.0 Å². The third-order valence-corrected chi connectivity index (χ3v) is 4.12. The Morgan fingerprint density at radius 1 is 1.33 bits per heavy atom. The van der Waals surface area contributed by atoms with Crippen molar-refractivity contribution < 1.29 is 4.79 Å². The van der Waals surface area contributed by atoms with Crippen LogP contribution in [0.3, 0.4) is 0 Å². The Balaban J connectivity index is 1.89. The molecule has 3 rings (SSSR count). The van der Waals surface area contributed by atoms with E-state index in [2.05, 4.69) is 20.6 Å². The standard InChI is InChI=1S/C14H11ClN4OS/c1-16-12-6-8(9(15)7-17-12)13(20)19-14-18-10-4-2-3-5-11(10)21-14/h2-7H,1H3,(H,16,17)(H,18,19,20). The van der Waals surface area contributed by atoms with Crippen LogP contribution in [0.25, 0.3) is 10.2 Å². The minimum Gasteiger partial charge on any atom is -0.373 e. The SMILES string of the molecule is CNc1cc(C(=O)Nc2nc3ccccc3s2)c(Cl)cn1. The van der Waals surface area contributed by atoms with Crippen molar-refractivity contribution in [3.63, 3.8) is 0 Å². The van der Waals surface area contributed by atoms with Crippen LogP contribution in [0.2, 0.25) is 5.02 Å². The van der Waals surface area contributed by atoms with Gasteiger partial charge in [-0.05, 0) is 18.2 Å². The second-order valence-electron chi connectivity index (χ2n) is 4.24. The highest BCUT2D eigenvalue weighted by Crippen LogP contribution is 2.26. The van der Waals surface area contributed by atoms with Gasteiger partial charge >= 0.3 is 0 Å². The molecule has 1 aromatic carbocycles. The molecule has 2 N–H and O–H groups in total. The van der Waals surface area contributed by atoms with Crippen molar-refractivity contribution in [2.45, 2.75) is 0 Å². The molecular weight excluding hydrogens is 308 g/mol. The van der Waals surface area contributed by atoms with Crippen molar-refractivity contribution in [3.05, 3.63) is 47.1 Å². The largest absolute Gasteiger partial charge is 0.373 e. The molecule has 106 valence electrons. The lowest BCUT2D eigenvalue weighted by atomic mass is 10.2. The number of hydrogen-bond acceptors (Lipinski definition) is 5. The predicted octanol–water partition coefficient (Wildman–Crippen LogP) is 3.64. The van der Waals surface area contributed by atoms with Crippen molar-refractivity contribution in [1.82, 2.24) is 9.97 Å². The van der Waals surface area contributed by atoms with Gasteiger partial charge in [-0.3, -0.25) is 10.1 Å². The van der Waals surface area contributed by atoms with E-state index < -0.39 is 0 Å². The van der Waals surface area contributed by atoms with Crippen molar-refractivity contribution in [3.8, 4) is 0 Å². The van der Waals surface area contributed by atoms with Gasteiger partial charge in [-0.1, -0.05) is 35.1 Å². The zero-order valence-corrected chi connectivity index (χ0v) is 12.6. The highest BCUT2D eigenvalue weighted by Gasteiger charge is 2.14. The number of carbonyl (C=O) groups excluding carboxylic acids is 1. The van der Waals surface area contributed by atoms with E-state index >= 15 is 0 Å². The van der Waals surface area contributed by atoms with Gasteiger partial charge in [0.05, 0.1) is 20.8 Å². The van der Waals surface area contributed by atoms with Gasteiger partial charge in [0, 0.05) is 13.2 Å². The van der Waals surface area contributed by atoms with Crippen LogP contribution in [0, 0.1) is 0 Å². The van der Waals surface area contributed by atoms with Crippen LogP contribution in [-0.2, 0) is 0 Å². The topological polar surface area (TPSA) is 66.9 Å². The third kappa shape index (κ3) is 2.81. The van der Waals surface area contributed by atoms with Crippen LogP contribution in [0.1, 0.15) is 10.4 Å².